The van der Waals surface area contributed by atoms with Gasteiger partial charge in [-0.1, -0.05) is 6.08 Å². The lowest BCUT2D eigenvalue weighted by molar-refractivity contribution is -0.113. The highest BCUT2D eigenvalue weighted by molar-refractivity contribution is 4.84. The lowest BCUT2D eigenvalue weighted by Gasteiger charge is -2.24. The zero-order valence-electron chi connectivity index (χ0n) is 7.24. The van der Waals surface area contributed by atoms with Gasteiger partial charge in [0.1, 0.15) is 18.3 Å². The average Bonchev–Trinajstić information content (AvgIpc) is 2.14. The quantitative estimate of drug-likeness (QED) is 0.313. The summed E-state index contributed by atoms with van der Waals surface area (Å²) in [6, 6.07) is 0. The fourth-order valence-corrected chi connectivity index (χ4v) is 0.873. The summed E-state index contributed by atoms with van der Waals surface area (Å²) in [6.45, 7) is 2.68. The van der Waals surface area contributed by atoms with Gasteiger partial charge in [-0.3, -0.25) is 0 Å². The molecule has 5 nitrogen and oxygen atoms in total. The molecule has 4 atom stereocenters. The van der Waals surface area contributed by atoms with E-state index in [2.05, 4.69) is 6.58 Å². The van der Waals surface area contributed by atoms with E-state index in [1.165, 1.54) is 6.08 Å². The summed E-state index contributed by atoms with van der Waals surface area (Å²) in [4.78, 5) is 0. The zero-order chi connectivity index (χ0) is 10.4. The van der Waals surface area contributed by atoms with Crippen molar-refractivity contribution in [3.63, 3.8) is 0 Å². The Balaban J connectivity index is 4.06. The Kier molecular flexibility index (Phi) is 5.85. The summed E-state index contributed by atoms with van der Waals surface area (Å²) in [5, 5.41) is 44.8. The van der Waals surface area contributed by atoms with Gasteiger partial charge in [0.25, 0.3) is 0 Å². The summed E-state index contributed by atoms with van der Waals surface area (Å²) < 4.78 is 0. The third-order valence-corrected chi connectivity index (χ3v) is 1.73. The molecule has 0 aromatic carbocycles. The Morgan fingerprint density at radius 2 is 1.46 bits per heavy atom. The van der Waals surface area contributed by atoms with Gasteiger partial charge >= 0.3 is 0 Å². The van der Waals surface area contributed by atoms with E-state index in [0.717, 1.165) is 0 Å². The highest BCUT2D eigenvalue weighted by Crippen LogP contribution is 2.07. The number of hydrogen-bond acceptors (Lipinski definition) is 5. The Labute approximate surface area is 76.6 Å². The molecule has 0 aromatic heterocycles. The number of hydrogen-bond donors (Lipinski definition) is 5. The molecule has 0 rings (SSSR count). The summed E-state index contributed by atoms with van der Waals surface area (Å²) >= 11 is 0. The first-order valence-electron chi connectivity index (χ1n) is 3.98. The van der Waals surface area contributed by atoms with Crippen molar-refractivity contribution in [1.29, 1.82) is 0 Å². The molecule has 0 aromatic rings. The molecule has 78 valence electrons. The van der Waals surface area contributed by atoms with Crippen molar-refractivity contribution >= 4 is 0 Å². The molecule has 0 saturated carbocycles. The van der Waals surface area contributed by atoms with Gasteiger partial charge in [0.2, 0.25) is 0 Å². The highest BCUT2D eigenvalue weighted by atomic mass is 16.4. The fourth-order valence-electron chi connectivity index (χ4n) is 0.873. The van der Waals surface area contributed by atoms with Crippen molar-refractivity contribution in [3.8, 4) is 0 Å². The molecular weight excluding hydrogens is 176 g/mol. The van der Waals surface area contributed by atoms with E-state index in [1.807, 2.05) is 0 Å². The summed E-state index contributed by atoms with van der Waals surface area (Å²) in [7, 11) is 0. The van der Waals surface area contributed by atoms with Crippen molar-refractivity contribution in [2.75, 3.05) is 6.61 Å². The van der Waals surface area contributed by atoms with Gasteiger partial charge < -0.3 is 25.5 Å². The largest absolute Gasteiger partial charge is 0.394 e. The van der Waals surface area contributed by atoms with Crippen LogP contribution in [0.4, 0.5) is 0 Å². The molecule has 0 aliphatic rings. The van der Waals surface area contributed by atoms with Gasteiger partial charge in [-0.25, -0.2) is 0 Å². The molecule has 0 fully saturated rings. The standard InChI is InChI=1S/C8H16O5/c1-2-3-5(10)7(12)8(13)6(11)4-9/h2,5-13H,1,3-4H2/t5-,6-,7-,8+/m1/s1. The maximum atomic E-state index is 9.20. The van der Waals surface area contributed by atoms with Crippen molar-refractivity contribution in [2.45, 2.75) is 30.8 Å². The number of aliphatic hydroxyl groups excluding tert-OH is 5. The predicted molar refractivity (Wildman–Crippen MR) is 45.9 cm³/mol. The third kappa shape index (κ3) is 3.84. The highest BCUT2D eigenvalue weighted by Gasteiger charge is 2.28. The monoisotopic (exact) mass is 192 g/mol. The van der Waals surface area contributed by atoms with Crippen LogP contribution in [-0.2, 0) is 0 Å². The number of aliphatic hydroxyl groups is 5. The lowest BCUT2D eigenvalue weighted by Crippen LogP contribution is -2.45. The first-order chi connectivity index (χ1) is 6.04. The van der Waals surface area contributed by atoms with E-state index in [4.69, 9.17) is 20.4 Å². The van der Waals surface area contributed by atoms with E-state index >= 15 is 0 Å². The van der Waals surface area contributed by atoms with Crippen LogP contribution in [0, 0.1) is 0 Å². The first kappa shape index (κ1) is 12.5. The predicted octanol–water partition coefficient (Wildman–Crippen LogP) is -2.00. The van der Waals surface area contributed by atoms with Crippen LogP contribution in [0.15, 0.2) is 12.7 Å². The second-order valence-electron chi connectivity index (χ2n) is 2.82. The minimum absolute atomic E-state index is 0.108. The summed E-state index contributed by atoms with van der Waals surface area (Å²) in [5.74, 6) is 0. The van der Waals surface area contributed by atoms with Crippen LogP contribution in [-0.4, -0.2) is 56.6 Å². The van der Waals surface area contributed by atoms with E-state index < -0.39 is 31.0 Å². The lowest BCUT2D eigenvalue weighted by atomic mass is 10.0. The van der Waals surface area contributed by atoms with E-state index in [-0.39, 0.29) is 6.42 Å². The second kappa shape index (κ2) is 6.06. The second-order valence-corrected chi connectivity index (χ2v) is 2.82. The molecule has 13 heavy (non-hydrogen) atoms. The smallest absolute Gasteiger partial charge is 0.110 e. The van der Waals surface area contributed by atoms with E-state index in [0.29, 0.717) is 0 Å². The molecule has 0 amide bonds. The van der Waals surface area contributed by atoms with Crippen LogP contribution in [0.25, 0.3) is 0 Å². The molecule has 0 unspecified atom stereocenters. The summed E-state index contributed by atoms with van der Waals surface area (Å²) in [6.07, 6.45) is -4.19. The Hall–Kier alpha value is -0.460. The van der Waals surface area contributed by atoms with Crippen molar-refractivity contribution in [1.82, 2.24) is 0 Å². The van der Waals surface area contributed by atoms with Crippen molar-refractivity contribution in [3.05, 3.63) is 12.7 Å². The van der Waals surface area contributed by atoms with Crippen LogP contribution in [0.3, 0.4) is 0 Å². The van der Waals surface area contributed by atoms with Crippen molar-refractivity contribution < 1.29 is 25.5 Å². The Morgan fingerprint density at radius 3 is 1.85 bits per heavy atom. The fraction of sp³-hybridized carbons (Fsp3) is 0.750. The van der Waals surface area contributed by atoms with Gasteiger partial charge in [0.15, 0.2) is 0 Å². The SMILES string of the molecule is C=CC[C@@H](O)[C@@H](O)[C@@H](O)[C@H](O)CO. The van der Waals surface area contributed by atoms with E-state index in [9.17, 15) is 5.11 Å². The molecule has 5 heteroatoms. The average molecular weight is 192 g/mol. The van der Waals surface area contributed by atoms with Gasteiger partial charge in [0, 0.05) is 0 Å². The topological polar surface area (TPSA) is 101 Å². The molecule has 0 saturated heterocycles. The molecule has 0 heterocycles. The molecule has 0 spiro atoms. The van der Waals surface area contributed by atoms with Crippen LogP contribution in [0.5, 0.6) is 0 Å². The minimum Gasteiger partial charge on any atom is -0.394 e. The van der Waals surface area contributed by atoms with Crippen LogP contribution < -0.4 is 0 Å². The minimum atomic E-state index is -1.56. The Bertz CT molecular complexity index is 149. The maximum absolute atomic E-state index is 9.20. The zero-order valence-corrected chi connectivity index (χ0v) is 7.24. The molecule has 0 aliphatic carbocycles. The summed E-state index contributed by atoms with van der Waals surface area (Å²) in [5.41, 5.74) is 0. The van der Waals surface area contributed by atoms with Gasteiger partial charge in [0.05, 0.1) is 12.7 Å². The molecule has 5 N–H and O–H groups in total. The van der Waals surface area contributed by atoms with Crippen LogP contribution in [0.1, 0.15) is 6.42 Å². The van der Waals surface area contributed by atoms with Gasteiger partial charge in [-0.2, -0.15) is 0 Å². The molecule has 0 radical (unpaired) electrons. The van der Waals surface area contributed by atoms with Gasteiger partial charge in [-0.05, 0) is 6.42 Å². The van der Waals surface area contributed by atoms with Gasteiger partial charge in [-0.15, -0.1) is 6.58 Å². The molecular formula is C8H16O5. The normalized spacial score (nSPS) is 20.4. The van der Waals surface area contributed by atoms with E-state index in [1.54, 1.807) is 0 Å². The number of rotatable bonds is 6. The molecule has 0 bridgehead atoms. The Morgan fingerprint density at radius 1 is 1.00 bits per heavy atom. The van der Waals surface area contributed by atoms with Crippen LogP contribution >= 0.6 is 0 Å². The molecule has 0 aliphatic heterocycles. The van der Waals surface area contributed by atoms with Crippen LogP contribution in [0.2, 0.25) is 0 Å². The maximum Gasteiger partial charge on any atom is 0.110 e. The third-order valence-electron chi connectivity index (χ3n) is 1.73. The van der Waals surface area contributed by atoms with Crippen molar-refractivity contribution in [2.24, 2.45) is 0 Å². The first-order valence-corrected chi connectivity index (χ1v) is 3.98.